The molecule has 2 aliphatic heterocycles. The first kappa shape index (κ1) is 13.8. The molecule has 2 fully saturated rings. The van der Waals surface area contributed by atoms with Crippen molar-refractivity contribution in [2.75, 3.05) is 52.6 Å². The molecule has 5 N–H and O–H groups in total. The van der Waals surface area contributed by atoms with Crippen molar-refractivity contribution in [1.82, 2.24) is 5.32 Å². The van der Waals surface area contributed by atoms with Crippen molar-refractivity contribution in [3.05, 3.63) is 0 Å². The Labute approximate surface area is 96.6 Å². The Balaban J connectivity index is 0.000000168. The van der Waals surface area contributed by atoms with Gasteiger partial charge in [0.1, 0.15) is 12.2 Å². The van der Waals surface area contributed by atoms with Crippen LogP contribution in [0.2, 0.25) is 0 Å². The Morgan fingerprint density at radius 1 is 1.00 bits per heavy atom. The zero-order valence-electron chi connectivity index (χ0n) is 9.69. The minimum absolute atomic E-state index is 0.392. The fourth-order valence-corrected chi connectivity index (χ4v) is 0.989. The zero-order valence-corrected chi connectivity index (χ0v) is 9.69. The standard InChI is InChI=1S/C6H10O3.C4H13N3/c1(5-3-8-5)7-2-6-4-9-6;5-1-3-7-4-2-6/h5-6H,1-4H2;7H,1-6H2. The van der Waals surface area contributed by atoms with Crippen LogP contribution in [-0.2, 0) is 14.2 Å². The van der Waals surface area contributed by atoms with E-state index in [1.54, 1.807) is 0 Å². The zero-order chi connectivity index (χ0) is 11.6. The number of rotatable bonds is 8. The highest BCUT2D eigenvalue weighted by atomic mass is 16.6. The summed E-state index contributed by atoms with van der Waals surface area (Å²) in [6.45, 7) is 6.39. The van der Waals surface area contributed by atoms with E-state index >= 15 is 0 Å². The SMILES string of the molecule is C(OCC1CO1)C1CO1.NCCNCCN. The van der Waals surface area contributed by atoms with Crippen LogP contribution in [0, 0.1) is 0 Å². The molecule has 0 aromatic heterocycles. The van der Waals surface area contributed by atoms with E-state index in [0.717, 1.165) is 39.5 Å². The Bertz CT molecular complexity index is 147. The maximum atomic E-state index is 5.23. The highest BCUT2D eigenvalue weighted by molar-refractivity contribution is 4.71. The number of hydrogen-bond donors (Lipinski definition) is 3. The number of nitrogens with one attached hydrogen (secondary N) is 1. The second-order valence-corrected chi connectivity index (χ2v) is 3.78. The summed E-state index contributed by atoms with van der Waals surface area (Å²) < 4.78 is 15.1. The van der Waals surface area contributed by atoms with Gasteiger partial charge in [0.15, 0.2) is 0 Å². The average Bonchev–Trinajstić information content (AvgIpc) is 3.14. The summed E-state index contributed by atoms with van der Waals surface area (Å²) in [6.07, 6.45) is 0.785. The van der Waals surface area contributed by atoms with Crippen LogP contribution in [0.5, 0.6) is 0 Å². The fourth-order valence-electron chi connectivity index (χ4n) is 0.989. The van der Waals surface area contributed by atoms with Gasteiger partial charge in [-0.2, -0.15) is 0 Å². The second-order valence-electron chi connectivity index (χ2n) is 3.78. The molecule has 0 aliphatic carbocycles. The van der Waals surface area contributed by atoms with Gasteiger partial charge in [0, 0.05) is 26.2 Å². The van der Waals surface area contributed by atoms with Gasteiger partial charge in [-0.1, -0.05) is 0 Å². The number of hydrogen-bond acceptors (Lipinski definition) is 6. The average molecular weight is 233 g/mol. The van der Waals surface area contributed by atoms with Gasteiger partial charge in [-0.25, -0.2) is 0 Å². The smallest absolute Gasteiger partial charge is 0.104 e. The van der Waals surface area contributed by atoms with Crippen molar-refractivity contribution in [1.29, 1.82) is 0 Å². The van der Waals surface area contributed by atoms with Crippen molar-refractivity contribution >= 4 is 0 Å². The number of ether oxygens (including phenoxy) is 3. The summed E-state index contributed by atoms with van der Waals surface area (Å²) in [5.41, 5.74) is 10.3. The molecule has 0 spiro atoms. The van der Waals surface area contributed by atoms with E-state index in [4.69, 9.17) is 25.7 Å². The second kappa shape index (κ2) is 8.86. The van der Waals surface area contributed by atoms with E-state index in [9.17, 15) is 0 Å². The molecule has 96 valence electrons. The summed E-state index contributed by atoms with van der Waals surface area (Å²) in [5, 5.41) is 3.03. The molecule has 0 radical (unpaired) electrons. The normalized spacial score (nSPS) is 25.9. The van der Waals surface area contributed by atoms with Gasteiger partial charge in [-0.15, -0.1) is 0 Å². The maximum absolute atomic E-state index is 5.23. The van der Waals surface area contributed by atoms with E-state index in [1.165, 1.54) is 0 Å². The third kappa shape index (κ3) is 9.02. The summed E-state index contributed by atoms with van der Waals surface area (Å²) in [5.74, 6) is 0. The molecule has 0 bridgehead atoms. The molecule has 6 heteroatoms. The van der Waals surface area contributed by atoms with Gasteiger partial charge in [0.2, 0.25) is 0 Å². The molecule has 0 saturated carbocycles. The summed E-state index contributed by atoms with van der Waals surface area (Å²) in [4.78, 5) is 0. The molecular formula is C10H23N3O3. The topological polar surface area (TPSA) is 98.4 Å². The number of nitrogens with two attached hydrogens (primary N) is 2. The van der Waals surface area contributed by atoms with Gasteiger partial charge in [-0.3, -0.25) is 0 Å². The van der Waals surface area contributed by atoms with Crippen LogP contribution >= 0.6 is 0 Å². The van der Waals surface area contributed by atoms with E-state index in [2.05, 4.69) is 5.32 Å². The Kier molecular flexibility index (Phi) is 7.65. The molecule has 6 nitrogen and oxygen atoms in total. The third-order valence-electron chi connectivity index (χ3n) is 2.05. The molecule has 2 aliphatic rings. The molecule has 2 atom stereocenters. The quantitative estimate of drug-likeness (QED) is 0.341. The maximum Gasteiger partial charge on any atom is 0.104 e. The van der Waals surface area contributed by atoms with Crippen molar-refractivity contribution in [3.8, 4) is 0 Å². The Morgan fingerprint density at radius 3 is 1.75 bits per heavy atom. The van der Waals surface area contributed by atoms with Crippen LogP contribution in [0.15, 0.2) is 0 Å². The van der Waals surface area contributed by atoms with Gasteiger partial charge in [0.05, 0.1) is 26.4 Å². The molecular weight excluding hydrogens is 210 g/mol. The molecule has 16 heavy (non-hydrogen) atoms. The first-order chi connectivity index (χ1) is 7.86. The third-order valence-corrected chi connectivity index (χ3v) is 2.05. The van der Waals surface area contributed by atoms with E-state index < -0.39 is 0 Å². The van der Waals surface area contributed by atoms with Crippen molar-refractivity contribution in [3.63, 3.8) is 0 Å². The first-order valence-corrected chi connectivity index (χ1v) is 5.78. The van der Waals surface area contributed by atoms with Crippen LogP contribution < -0.4 is 16.8 Å². The summed E-state index contributed by atoms with van der Waals surface area (Å²) >= 11 is 0. The van der Waals surface area contributed by atoms with Crippen LogP contribution in [0.25, 0.3) is 0 Å². The van der Waals surface area contributed by atoms with Gasteiger partial charge >= 0.3 is 0 Å². The lowest BCUT2D eigenvalue weighted by Gasteiger charge is -1.95. The Morgan fingerprint density at radius 2 is 1.44 bits per heavy atom. The fraction of sp³-hybridized carbons (Fsp3) is 1.00. The molecule has 2 rings (SSSR count). The van der Waals surface area contributed by atoms with E-state index in [0.29, 0.717) is 25.3 Å². The molecule has 2 unspecified atom stereocenters. The van der Waals surface area contributed by atoms with Crippen LogP contribution in [-0.4, -0.2) is 64.8 Å². The van der Waals surface area contributed by atoms with E-state index in [-0.39, 0.29) is 0 Å². The van der Waals surface area contributed by atoms with Gasteiger partial charge in [0.25, 0.3) is 0 Å². The van der Waals surface area contributed by atoms with Crippen molar-refractivity contribution in [2.24, 2.45) is 11.5 Å². The van der Waals surface area contributed by atoms with Crippen LogP contribution in [0.1, 0.15) is 0 Å². The molecule has 2 heterocycles. The van der Waals surface area contributed by atoms with Gasteiger partial charge in [-0.05, 0) is 0 Å². The van der Waals surface area contributed by atoms with Crippen LogP contribution in [0.4, 0.5) is 0 Å². The number of epoxide rings is 2. The lowest BCUT2D eigenvalue weighted by atomic mass is 10.5. The molecule has 2 saturated heterocycles. The minimum Gasteiger partial charge on any atom is -0.376 e. The predicted molar refractivity (Wildman–Crippen MR) is 61.3 cm³/mol. The van der Waals surface area contributed by atoms with Crippen molar-refractivity contribution < 1.29 is 14.2 Å². The molecule has 0 aromatic carbocycles. The highest BCUT2D eigenvalue weighted by Crippen LogP contribution is 2.12. The van der Waals surface area contributed by atoms with Crippen LogP contribution in [0.3, 0.4) is 0 Å². The van der Waals surface area contributed by atoms with E-state index in [1.807, 2.05) is 0 Å². The lowest BCUT2D eigenvalue weighted by molar-refractivity contribution is 0.102. The summed E-state index contributed by atoms with van der Waals surface area (Å²) in [7, 11) is 0. The predicted octanol–water partition coefficient (Wildman–Crippen LogP) is -1.71. The molecule has 0 amide bonds. The lowest BCUT2D eigenvalue weighted by Crippen LogP contribution is -2.27. The monoisotopic (exact) mass is 233 g/mol. The van der Waals surface area contributed by atoms with Gasteiger partial charge < -0.3 is 31.0 Å². The minimum atomic E-state index is 0.392. The Hall–Kier alpha value is -0.240. The first-order valence-electron chi connectivity index (χ1n) is 5.78. The largest absolute Gasteiger partial charge is 0.376 e. The van der Waals surface area contributed by atoms with Crippen molar-refractivity contribution in [2.45, 2.75) is 12.2 Å². The summed E-state index contributed by atoms with van der Waals surface area (Å²) in [6, 6.07) is 0. The molecule has 0 aromatic rings. The highest BCUT2D eigenvalue weighted by Gasteiger charge is 2.26.